The Hall–Kier alpha value is -1.71. The van der Waals surface area contributed by atoms with Crippen LogP contribution in [0, 0.1) is 6.92 Å². The van der Waals surface area contributed by atoms with Crippen molar-refractivity contribution in [3.8, 4) is 5.75 Å². The molecule has 0 saturated carbocycles. The Kier molecular flexibility index (Phi) is 3.98. The van der Waals surface area contributed by atoms with Crippen LogP contribution in [-0.4, -0.2) is 11.0 Å². The summed E-state index contributed by atoms with van der Waals surface area (Å²) >= 11 is 11.9. The van der Waals surface area contributed by atoms with Crippen LogP contribution in [0.15, 0.2) is 36.4 Å². The van der Waals surface area contributed by atoms with Crippen molar-refractivity contribution in [1.29, 1.82) is 0 Å². The van der Waals surface area contributed by atoms with E-state index < -0.39 is 0 Å². The van der Waals surface area contributed by atoms with Crippen molar-refractivity contribution in [2.45, 2.75) is 6.92 Å². The zero-order valence-corrected chi connectivity index (χ0v) is 11.6. The third kappa shape index (κ3) is 3.00. The number of anilines is 1. The van der Waals surface area contributed by atoms with E-state index in [4.69, 9.17) is 23.2 Å². The molecule has 0 radical (unpaired) electrons. The van der Waals surface area contributed by atoms with Crippen LogP contribution >= 0.6 is 23.2 Å². The summed E-state index contributed by atoms with van der Waals surface area (Å²) in [7, 11) is 0. The van der Waals surface area contributed by atoms with Gasteiger partial charge in [-0.25, -0.2) is 0 Å². The maximum absolute atomic E-state index is 12.0. The molecule has 0 saturated heterocycles. The van der Waals surface area contributed by atoms with Gasteiger partial charge in [0.05, 0.1) is 15.7 Å². The molecule has 0 unspecified atom stereocenters. The molecule has 0 aliphatic carbocycles. The lowest BCUT2D eigenvalue weighted by atomic mass is 10.1. The number of aromatic hydroxyl groups is 1. The average Bonchev–Trinajstić information content (AvgIpc) is 2.37. The van der Waals surface area contributed by atoms with E-state index in [0.29, 0.717) is 26.9 Å². The molecule has 0 aliphatic heterocycles. The van der Waals surface area contributed by atoms with Gasteiger partial charge in [-0.15, -0.1) is 0 Å². The SMILES string of the molecule is Cc1ccc(C(=O)Nc2c(Cl)cccc2Cl)cc1O. The Morgan fingerprint density at radius 2 is 1.79 bits per heavy atom. The highest BCUT2D eigenvalue weighted by Crippen LogP contribution is 2.30. The highest BCUT2D eigenvalue weighted by atomic mass is 35.5. The summed E-state index contributed by atoms with van der Waals surface area (Å²) in [6.45, 7) is 1.75. The van der Waals surface area contributed by atoms with Gasteiger partial charge in [-0.2, -0.15) is 0 Å². The van der Waals surface area contributed by atoms with Crippen molar-refractivity contribution in [3.63, 3.8) is 0 Å². The summed E-state index contributed by atoms with van der Waals surface area (Å²) in [5.74, 6) is -0.316. The lowest BCUT2D eigenvalue weighted by Crippen LogP contribution is -2.12. The van der Waals surface area contributed by atoms with Gasteiger partial charge in [-0.3, -0.25) is 4.79 Å². The summed E-state index contributed by atoms with van der Waals surface area (Å²) in [5.41, 5.74) is 1.39. The molecular formula is C14H11Cl2NO2. The molecule has 0 aromatic heterocycles. The number of hydrogen-bond donors (Lipinski definition) is 2. The molecule has 0 bridgehead atoms. The number of halogens is 2. The van der Waals surface area contributed by atoms with Crippen molar-refractivity contribution < 1.29 is 9.90 Å². The third-order valence-electron chi connectivity index (χ3n) is 2.67. The minimum Gasteiger partial charge on any atom is -0.508 e. The predicted octanol–water partition coefficient (Wildman–Crippen LogP) is 4.26. The molecule has 98 valence electrons. The predicted molar refractivity (Wildman–Crippen MR) is 77.3 cm³/mol. The van der Waals surface area contributed by atoms with Crippen molar-refractivity contribution in [2.75, 3.05) is 5.32 Å². The maximum Gasteiger partial charge on any atom is 0.255 e. The zero-order chi connectivity index (χ0) is 14.0. The van der Waals surface area contributed by atoms with Crippen LogP contribution in [-0.2, 0) is 0 Å². The molecule has 2 aromatic rings. The smallest absolute Gasteiger partial charge is 0.255 e. The van der Waals surface area contributed by atoms with Crippen molar-refractivity contribution in [2.24, 2.45) is 0 Å². The van der Waals surface area contributed by atoms with Gasteiger partial charge in [0.25, 0.3) is 5.91 Å². The number of carbonyl (C=O) groups excluding carboxylic acids is 1. The molecule has 0 atom stereocenters. The summed E-state index contributed by atoms with van der Waals surface area (Å²) in [5, 5.41) is 12.9. The number of amides is 1. The number of para-hydroxylation sites is 1. The molecule has 3 nitrogen and oxygen atoms in total. The highest BCUT2D eigenvalue weighted by Gasteiger charge is 2.12. The van der Waals surface area contributed by atoms with E-state index in [2.05, 4.69) is 5.32 Å². The second-order valence-corrected chi connectivity index (χ2v) is 4.87. The minimum absolute atomic E-state index is 0.0675. The molecule has 1 amide bonds. The van der Waals surface area contributed by atoms with Crippen LogP contribution in [0.25, 0.3) is 0 Å². The first-order valence-corrected chi connectivity index (χ1v) is 6.29. The first kappa shape index (κ1) is 13.7. The van der Waals surface area contributed by atoms with Gasteiger partial charge in [0.15, 0.2) is 0 Å². The molecule has 5 heteroatoms. The first-order chi connectivity index (χ1) is 8.99. The summed E-state index contributed by atoms with van der Waals surface area (Å²) in [4.78, 5) is 12.0. The Bertz CT molecular complexity index is 621. The molecular weight excluding hydrogens is 285 g/mol. The number of benzene rings is 2. The van der Waals surface area contributed by atoms with Gasteiger partial charge < -0.3 is 10.4 Å². The Balaban J connectivity index is 2.28. The molecule has 0 spiro atoms. The Labute approximate surface area is 120 Å². The van der Waals surface area contributed by atoms with Gasteiger partial charge in [0.1, 0.15) is 5.75 Å². The van der Waals surface area contributed by atoms with Crippen LogP contribution < -0.4 is 5.32 Å². The zero-order valence-electron chi connectivity index (χ0n) is 10.1. The Morgan fingerprint density at radius 3 is 2.37 bits per heavy atom. The standard InChI is InChI=1S/C14H11Cl2NO2/c1-8-5-6-9(7-12(8)18)14(19)17-13-10(15)3-2-4-11(13)16/h2-7,18H,1H3,(H,17,19). The number of hydrogen-bond acceptors (Lipinski definition) is 2. The molecule has 0 aliphatic rings. The van der Waals surface area contributed by atoms with Gasteiger partial charge in [0.2, 0.25) is 0 Å². The van der Waals surface area contributed by atoms with E-state index in [0.717, 1.165) is 0 Å². The van der Waals surface area contributed by atoms with E-state index in [9.17, 15) is 9.90 Å². The van der Waals surface area contributed by atoms with Crippen LogP contribution in [0.4, 0.5) is 5.69 Å². The fourth-order valence-electron chi connectivity index (χ4n) is 1.55. The van der Waals surface area contributed by atoms with Crippen LogP contribution in [0.2, 0.25) is 10.0 Å². The number of phenols is 1. The monoisotopic (exact) mass is 295 g/mol. The van der Waals surface area contributed by atoms with Gasteiger partial charge in [-0.1, -0.05) is 35.3 Å². The van der Waals surface area contributed by atoms with Gasteiger partial charge >= 0.3 is 0 Å². The third-order valence-corrected chi connectivity index (χ3v) is 3.30. The largest absolute Gasteiger partial charge is 0.508 e. The first-order valence-electron chi connectivity index (χ1n) is 5.54. The summed E-state index contributed by atoms with van der Waals surface area (Å²) < 4.78 is 0. The molecule has 2 aromatic carbocycles. The fourth-order valence-corrected chi connectivity index (χ4v) is 2.05. The second-order valence-electron chi connectivity index (χ2n) is 4.05. The van der Waals surface area contributed by atoms with Crippen molar-refractivity contribution in [3.05, 3.63) is 57.6 Å². The van der Waals surface area contributed by atoms with Gasteiger partial charge in [-0.05, 0) is 36.8 Å². The number of carbonyl (C=O) groups is 1. The summed E-state index contributed by atoms with van der Waals surface area (Å²) in [6, 6.07) is 9.65. The highest BCUT2D eigenvalue weighted by molar-refractivity contribution is 6.40. The fraction of sp³-hybridized carbons (Fsp3) is 0.0714. The van der Waals surface area contributed by atoms with Crippen LogP contribution in [0.3, 0.4) is 0 Å². The van der Waals surface area contributed by atoms with Crippen LogP contribution in [0.5, 0.6) is 5.75 Å². The molecule has 19 heavy (non-hydrogen) atoms. The number of nitrogens with one attached hydrogen (secondary N) is 1. The van der Waals surface area contributed by atoms with E-state index in [1.165, 1.54) is 6.07 Å². The minimum atomic E-state index is -0.384. The molecule has 2 rings (SSSR count). The number of phenolic OH excluding ortho intramolecular Hbond substituents is 1. The van der Waals surface area contributed by atoms with Crippen LogP contribution in [0.1, 0.15) is 15.9 Å². The van der Waals surface area contributed by atoms with Gasteiger partial charge in [0, 0.05) is 5.56 Å². The second kappa shape index (κ2) is 5.51. The van der Waals surface area contributed by atoms with E-state index in [-0.39, 0.29) is 11.7 Å². The molecule has 0 fully saturated rings. The lowest BCUT2D eigenvalue weighted by Gasteiger charge is -2.09. The Morgan fingerprint density at radius 1 is 1.16 bits per heavy atom. The number of aryl methyl sites for hydroxylation is 1. The topological polar surface area (TPSA) is 49.3 Å². The number of rotatable bonds is 2. The lowest BCUT2D eigenvalue weighted by molar-refractivity contribution is 0.102. The van der Waals surface area contributed by atoms with Crippen molar-refractivity contribution in [1.82, 2.24) is 0 Å². The van der Waals surface area contributed by atoms with Crippen molar-refractivity contribution >= 4 is 34.8 Å². The normalized spacial score (nSPS) is 10.3. The van der Waals surface area contributed by atoms with E-state index in [1.807, 2.05) is 0 Å². The maximum atomic E-state index is 12.0. The molecule has 0 heterocycles. The molecule has 2 N–H and O–H groups in total. The summed E-state index contributed by atoms with van der Waals surface area (Å²) in [6.07, 6.45) is 0. The van der Waals surface area contributed by atoms with E-state index in [1.54, 1.807) is 37.3 Å². The van der Waals surface area contributed by atoms with E-state index >= 15 is 0 Å². The quantitative estimate of drug-likeness (QED) is 0.870. The average molecular weight is 296 g/mol.